The number of aryl methyl sites for hydroxylation is 1. The predicted molar refractivity (Wildman–Crippen MR) is 126 cm³/mol. The van der Waals surface area contributed by atoms with Crippen molar-refractivity contribution >= 4 is 16.0 Å². The third-order valence-corrected chi connectivity index (χ3v) is 8.05. The Morgan fingerprint density at radius 1 is 1.15 bits per heavy atom. The number of nitrogens with zero attached hydrogens (tertiary/aromatic N) is 4. The minimum atomic E-state index is -3.41. The van der Waals surface area contributed by atoms with E-state index in [1.54, 1.807) is 0 Å². The second-order valence-corrected chi connectivity index (χ2v) is 11.1. The van der Waals surface area contributed by atoms with Crippen LogP contribution in [0.15, 0.2) is 18.5 Å². The van der Waals surface area contributed by atoms with Gasteiger partial charge in [-0.3, -0.25) is 0 Å². The normalized spacial score (nSPS) is 17.6. The van der Waals surface area contributed by atoms with Crippen molar-refractivity contribution in [3.8, 4) is 5.75 Å². The second kappa shape index (κ2) is 10.5. The van der Waals surface area contributed by atoms with Crippen molar-refractivity contribution in [2.45, 2.75) is 52.0 Å². The molecule has 0 amide bonds. The van der Waals surface area contributed by atoms with Crippen molar-refractivity contribution < 1.29 is 21.9 Å². The van der Waals surface area contributed by atoms with E-state index in [0.29, 0.717) is 23.5 Å². The van der Waals surface area contributed by atoms with Crippen LogP contribution in [0.5, 0.6) is 5.75 Å². The van der Waals surface area contributed by atoms with E-state index >= 15 is 0 Å². The minimum Gasteiger partial charge on any atom is -0.488 e. The van der Waals surface area contributed by atoms with E-state index in [0.717, 1.165) is 56.5 Å². The Morgan fingerprint density at radius 3 is 2.50 bits per heavy atom. The van der Waals surface area contributed by atoms with Gasteiger partial charge in [-0.05, 0) is 67.2 Å². The molecule has 0 N–H and O–H groups in total. The zero-order valence-corrected chi connectivity index (χ0v) is 20.6. The lowest BCUT2D eigenvalue weighted by Gasteiger charge is -2.32. The van der Waals surface area contributed by atoms with Gasteiger partial charge >= 0.3 is 0 Å². The van der Waals surface area contributed by atoms with Gasteiger partial charge in [-0.2, -0.15) is 4.31 Å². The molecule has 0 unspecified atom stereocenters. The predicted octanol–water partition coefficient (Wildman–Crippen LogP) is 3.71. The number of hydrogen-bond donors (Lipinski definition) is 0. The molecule has 0 saturated carbocycles. The monoisotopic (exact) mass is 494 g/mol. The smallest absolute Gasteiger partial charge is 0.225 e. The largest absolute Gasteiger partial charge is 0.488 e. The zero-order valence-electron chi connectivity index (χ0n) is 19.8. The summed E-state index contributed by atoms with van der Waals surface area (Å²) in [4.78, 5) is 11.1. The maximum atomic E-state index is 14.9. The molecule has 4 rings (SSSR count). The number of piperidine rings is 1. The Labute approximate surface area is 200 Å². The molecule has 2 aliphatic heterocycles. The summed E-state index contributed by atoms with van der Waals surface area (Å²) in [6.07, 6.45) is 9.68. The van der Waals surface area contributed by atoms with Crippen LogP contribution in [0, 0.1) is 17.6 Å². The van der Waals surface area contributed by atoms with Gasteiger partial charge in [-0.1, -0.05) is 6.92 Å². The summed E-state index contributed by atoms with van der Waals surface area (Å²) < 4.78 is 59.7. The van der Waals surface area contributed by atoms with Crippen LogP contribution >= 0.6 is 0 Å². The van der Waals surface area contributed by atoms with E-state index < -0.39 is 21.7 Å². The van der Waals surface area contributed by atoms with Gasteiger partial charge in [0.25, 0.3) is 0 Å². The maximum Gasteiger partial charge on any atom is 0.225 e. The lowest BCUT2D eigenvalue weighted by molar-refractivity contribution is 0.255. The second-order valence-electron chi connectivity index (χ2n) is 9.15. The van der Waals surface area contributed by atoms with E-state index in [2.05, 4.69) is 21.8 Å². The molecule has 0 radical (unpaired) electrons. The molecule has 1 aromatic carbocycles. The highest BCUT2D eigenvalue weighted by Gasteiger charge is 2.28. The Bertz CT molecular complexity index is 1100. The SMILES string of the molecule is CCc1cnc(N2CCC(CCCOc3c(F)cc4c(c3F)CCN(S(C)(=O)=O)C4)CC2)nc1. The number of rotatable bonds is 8. The third kappa shape index (κ3) is 5.66. The first-order valence-electron chi connectivity index (χ1n) is 11.9. The van der Waals surface area contributed by atoms with Crippen molar-refractivity contribution in [1.29, 1.82) is 0 Å². The molecule has 1 fully saturated rings. The van der Waals surface area contributed by atoms with Crippen LogP contribution < -0.4 is 9.64 Å². The average molecular weight is 495 g/mol. The van der Waals surface area contributed by atoms with E-state index in [9.17, 15) is 17.2 Å². The highest BCUT2D eigenvalue weighted by Crippen LogP contribution is 2.32. The number of halogens is 2. The molecule has 2 aromatic rings. The molecule has 0 bridgehead atoms. The number of anilines is 1. The Balaban J connectivity index is 1.25. The minimum absolute atomic E-state index is 0.0191. The molecule has 3 heterocycles. The molecular weight excluding hydrogens is 462 g/mol. The van der Waals surface area contributed by atoms with E-state index in [1.807, 2.05) is 12.4 Å². The number of benzene rings is 1. The van der Waals surface area contributed by atoms with Gasteiger partial charge in [0.15, 0.2) is 17.4 Å². The Morgan fingerprint density at radius 2 is 1.85 bits per heavy atom. The van der Waals surface area contributed by atoms with E-state index in [-0.39, 0.29) is 31.9 Å². The molecule has 186 valence electrons. The van der Waals surface area contributed by atoms with E-state index in [1.165, 1.54) is 10.4 Å². The maximum absolute atomic E-state index is 14.9. The van der Waals surface area contributed by atoms with Crippen molar-refractivity contribution in [2.24, 2.45) is 5.92 Å². The van der Waals surface area contributed by atoms with Gasteiger partial charge in [-0.25, -0.2) is 27.2 Å². The first-order valence-corrected chi connectivity index (χ1v) is 13.7. The van der Waals surface area contributed by atoms with Crippen LogP contribution in [0.3, 0.4) is 0 Å². The molecule has 1 saturated heterocycles. The van der Waals surface area contributed by atoms with Gasteiger partial charge in [-0.15, -0.1) is 0 Å². The van der Waals surface area contributed by atoms with Gasteiger partial charge in [0.05, 0.1) is 12.9 Å². The summed E-state index contributed by atoms with van der Waals surface area (Å²) in [7, 11) is -3.41. The van der Waals surface area contributed by atoms with Crippen LogP contribution in [-0.2, 0) is 29.4 Å². The molecule has 1 aromatic heterocycles. The fourth-order valence-electron chi connectivity index (χ4n) is 4.68. The summed E-state index contributed by atoms with van der Waals surface area (Å²) in [5, 5.41) is 0. The first-order chi connectivity index (χ1) is 16.3. The summed E-state index contributed by atoms with van der Waals surface area (Å²) in [6, 6.07) is 1.20. The van der Waals surface area contributed by atoms with Crippen LogP contribution in [0.4, 0.5) is 14.7 Å². The molecule has 2 aliphatic rings. The number of hydrogen-bond acceptors (Lipinski definition) is 6. The number of fused-ring (bicyclic) bond motifs is 1. The third-order valence-electron chi connectivity index (χ3n) is 6.80. The van der Waals surface area contributed by atoms with Crippen LogP contribution in [0.2, 0.25) is 0 Å². The highest BCUT2D eigenvalue weighted by atomic mass is 32.2. The standard InChI is InChI=1S/C24H32F2N4O3S/c1-3-17-14-27-24(28-15-17)29-9-6-18(7-10-29)5-4-12-33-23-21(25)13-19-16-30(34(2,31)32)11-8-20(19)22(23)26/h13-15,18H,3-12,16H2,1-2H3. The lowest BCUT2D eigenvalue weighted by atomic mass is 9.92. The molecule has 0 aliphatic carbocycles. The Kier molecular flexibility index (Phi) is 7.67. The van der Waals surface area contributed by atoms with E-state index in [4.69, 9.17) is 4.74 Å². The lowest BCUT2D eigenvalue weighted by Crippen LogP contribution is -2.35. The molecule has 0 atom stereocenters. The van der Waals surface area contributed by atoms with Crippen molar-refractivity contribution in [2.75, 3.05) is 37.4 Å². The Hall–Kier alpha value is -2.33. The van der Waals surface area contributed by atoms with Crippen molar-refractivity contribution in [1.82, 2.24) is 14.3 Å². The van der Waals surface area contributed by atoms with Gasteiger partial charge < -0.3 is 9.64 Å². The molecular formula is C24H32F2N4O3S. The van der Waals surface area contributed by atoms with Crippen LogP contribution in [0.1, 0.15) is 49.3 Å². The summed E-state index contributed by atoms with van der Waals surface area (Å²) in [5.41, 5.74) is 1.83. The molecule has 34 heavy (non-hydrogen) atoms. The summed E-state index contributed by atoms with van der Waals surface area (Å²) in [6.45, 7) is 4.28. The molecule has 0 spiro atoms. The number of ether oxygens (including phenoxy) is 1. The first kappa shape index (κ1) is 24.8. The van der Waals surface area contributed by atoms with Crippen LogP contribution in [-0.4, -0.2) is 55.2 Å². The summed E-state index contributed by atoms with van der Waals surface area (Å²) >= 11 is 0. The van der Waals surface area contributed by atoms with Crippen molar-refractivity contribution in [3.63, 3.8) is 0 Å². The topological polar surface area (TPSA) is 75.6 Å². The fourth-order valence-corrected chi connectivity index (χ4v) is 5.48. The molecule has 10 heteroatoms. The highest BCUT2D eigenvalue weighted by molar-refractivity contribution is 7.88. The number of sulfonamides is 1. The molecule has 7 nitrogen and oxygen atoms in total. The fraction of sp³-hybridized carbons (Fsp3) is 0.583. The average Bonchev–Trinajstić information content (AvgIpc) is 2.83. The van der Waals surface area contributed by atoms with Crippen molar-refractivity contribution in [3.05, 3.63) is 46.8 Å². The van der Waals surface area contributed by atoms with Gasteiger partial charge in [0, 0.05) is 38.6 Å². The van der Waals surface area contributed by atoms with Gasteiger partial charge in [0.2, 0.25) is 16.0 Å². The summed E-state index contributed by atoms with van der Waals surface area (Å²) in [5.74, 6) is -0.527. The zero-order chi connectivity index (χ0) is 24.3. The number of aromatic nitrogens is 2. The quantitative estimate of drug-likeness (QED) is 0.521. The van der Waals surface area contributed by atoms with Gasteiger partial charge in [0.1, 0.15) is 0 Å². The van der Waals surface area contributed by atoms with Crippen LogP contribution in [0.25, 0.3) is 0 Å².